The number of carbonyl (C=O) groups is 1. The average Bonchev–Trinajstić information content (AvgIpc) is 2.16. The van der Waals surface area contributed by atoms with E-state index in [0.29, 0.717) is 5.75 Å². The van der Waals surface area contributed by atoms with Crippen molar-refractivity contribution in [2.75, 3.05) is 13.7 Å². The SMILES string of the molecule is CNC(=O)COc1ccccc1.Cl. The van der Waals surface area contributed by atoms with E-state index in [2.05, 4.69) is 5.32 Å². The first-order chi connectivity index (χ1) is 5.83. The fourth-order valence-corrected chi connectivity index (χ4v) is 0.738. The van der Waals surface area contributed by atoms with E-state index in [1.165, 1.54) is 0 Å². The van der Waals surface area contributed by atoms with Crippen molar-refractivity contribution in [3.8, 4) is 5.75 Å². The summed E-state index contributed by atoms with van der Waals surface area (Å²) in [4.78, 5) is 10.7. The Hall–Kier alpha value is -1.22. The van der Waals surface area contributed by atoms with Crippen LogP contribution in [0.15, 0.2) is 30.3 Å². The highest BCUT2D eigenvalue weighted by atomic mass is 35.5. The van der Waals surface area contributed by atoms with Gasteiger partial charge in [-0.25, -0.2) is 0 Å². The molecule has 1 N–H and O–H groups in total. The highest BCUT2D eigenvalue weighted by Crippen LogP contribution is 2.07. The molecule has 0 bridgehead atoms. The summed E-state index contributed by atoms with van der Waals surface area (Å²) in [5.74, 6) is 0.583. The molecule has 3 nitrogen and oxygen atoms in total. The number of rotatable bonds is 3. The lowest BCUT2D eigenvalue weighted by Gasteiger charge is -2.03. The fraction of sp³-hybridized carbons (Fsp3) is 0.222. The summed E-state index contributed by atoms with van der Waals surface area (Å²) in [5, 5.41) is 2.47. The largest absolute Gasteiger partial charge is 0.484 e. The van der Waals surface area contributed by atoms with E-state index in [0.717, 1.165) is 0 Å². The van der Waals surface area contributed by atoms with Crippen LogP contribution in [-0.2, 0) is 4.79 Å². The number of hydrogen-bond donors (Lipinski definition) is 1. The van der Waals surface area contributed by atoms with Crippen molar-refractivity contribution in [1.82, 2.24) is 5.32 Å². The van der Waals surface area contributed by atoms with E-state index in [1.54, 1.807) is 7.05 Å². The van der Waals surface area contributed by atoms with Crippen molar-refractivity contribution in [1.29, 1.82) is 0 Å². The van der Waals surface area contributed by atoms with Crippen LogP contribution < -0.4 is 10.1 Å². The Bertz CT molecular complexity index is 251. The lowest BCUT2D eigenvalue weighted by Crippen LogP contribution is -2.24. The van der Waals surface area contributed by atoms with Gasteiger partial charge in [0.25, 0.3) is 5.91 Å². The van der Waals surface area contributed by atoms with E-state index in [9.17, 15) is 4.79 Å². The first kappa shape index (κ1) is 11.8. The van der Waals surface area contributed by atoms with Crippen LogP contribution in [0.5, 0.6) is 5.75 Å². The molecular weight excluding hydrogens is 190 g/mol. The van der Waals surface area contributed by atoms with Gasteiger partial charge in [0, 0.05) is 7.05 Å². The molecule has 72 valence electrons. The van der Waals surface area contributed by atoms with Crippen LogP contribution >= 0.6 is 12.4 Å². The molecule has 1 aromatic carbocycles. The summed E-state index contributed by atoms with van der Waals surface area (Å²) in [6.07, 6.45) is 0. The van der Waals surface area contributed by atoms with E-state index in [-0.39, 0.29) is 24.9 Å². The Kier molecular flexibility index (Phi) is 5.72. The highest BCUT2D eigenvalue weighted by molar-refractivity contribution is 5.85. The van der Waals surface area contributed by atoms with Gasteiger partial charge in [-0.1, -0.05) is 18.2 Å². The maximum Gasteiger partial charge on any atom is 0.257 e. The summed E-state index contributed by atoms with van der Waals surface area (Å²) >= 11 is 0. The number of halogens is 1. The van der Waals surface area contributed by atoms with Crippen molar-refractivity contribution in [3.05, 3.63) is 30.3 Å². The van der Waals surface area contributed by atoms with Crippen molar-refractivity contribution < 1.29 is 9.53 Å². The molecule has 0 heterocycles. The zero-order valence-electron chi connectivity index (χ0n) is 7.32. The Labute approximate surface area is 83.5 Å². The van der Waals surface area contributed by atoms with Gasteiger partial charge in [0.05, 0.1) is 0 Å². The molecule has 0 unspecified atom stereocenters. The summed E-state index contributed by atoms with van der Waals surface area (Å²) < 4.78 is 5.15. The van der Waals surface area contributed by atoms with Gasteiger partial charge < -0.3 is 10.1 Å². The molecule has 0 aliphatic heterocycles. The number of ether oxygens (including phenoxy) is 1. The summed E-state index contributed by atoms with van der Waals surface area (Å²) in [7, 11) is 1.58. The van der Waals surface area contributed by atoms with E-state index >= 15 is 0 Å². The standard InChI is InChI=1S/C9H11NO2.ClH/c1-10-9(11)7-12-8-5-3-2-4-6-8;/h2-6H,7H2,1H3,(H,10,11);1H. The van der Waals surface area contributed by atoms with E-state index in [4.69, 9.17) is 4.74 Å². The quantitative estimate of drug-likeness (QED) is 0.799. The van der Waals surface area contributed by atoms with E-state index < -0.39 is 0 Å². The summed E-state index contributed by atoms with van der Waals surface area (Å²) in [5.41, 5.74) is 0. The molecule has 0 aliphatic rings. The second kappa shape index (κ2) is 6.31. The molecule has 0 spiro atoms. The van der Waals surface area contributed by atoms with Gasteiger partial charge in [0.1, 0.15) is 5.75 Å². The molecule has 0 saturated carbocycles. The van der Waals surface area contributed by atoms with Gasteiger partial charge in [-0.15, -0.1) is 12.4 Å². The van der Waals surface area contributed by atoms with Crippen LogP contribution in [-0.4, -0.2) is 19.6 Å². The molecule has 0 saturated heterocycles. The predicted octanol–water partition coefficient (Wildman–Crippen LogP) is 1.23. The molecule has 0 radical (unpaired) electrons. The van der Waals surface area contributed by atoms with Crippen LogP contribution in [0.25, 0.3) is 0 Å². The fourth-order valence-electron chi connectivity index (χ4n) is 0.738. The molecule has 0 atom stereocenters. The highest BCUT2D eigenvalue weighted by Gasteiger charge is 1.97. The maximum atomic E-state index is 10.7. The monoisotopic (exact) mass is 201 g/mol. The number of para-hydroxylation sites is 1. The molecule has 13 heavy (non-hydrogen) atoms. The average molecular weight is 202 g/mol. The maximum absolute atomic E-state index is 10.7. The smallest absolute Gasteiger partial charge is 0.257 e. The summed E-state index contributed by atoms with van der Waals surface area (Å²) in [6, 6.07) is 9.23. The van der Waals surface area contributed by atoms with Crippen LogP contribution in [0.4, 0.5) is 0 Å². The zero-order valence-corrected chi connectivity index (χ0v) is 8.14. The number of nitrogens with one attached hydrogen (secondary N) is 1. The Morgan fingerprint density at radius 3 is 2.54 bits per heavy atom. The topological polar surface area (TPSA) is 38.3 Å². The zero-order chi connectivity index (χ0) is 8.81. The van der Waals surface area contributed by atoms with Crippen molar-refractivity contribution in [3.63, 3.8) is 0 Å². The predicted molar refractivity (Wildman–Crippen MR) is 53.3 cm³/mol. The lowest BCUT2D eigenvalue weighted by atomic mass is 10.3. The molecule has 1 aromatic rings. The van der Waals surface area contributed by atoms with Gasteiger partial charge >= 0.3 is 0 Å². The van der Waals surface area contributed by atoms with Gasteiger partial charge in [0.15, 0.2) is 6.61 Å². The molecule has 1 rings (SSSR count). The van der Waals surface area contributed by atoms with Crippen LogP contribution in [0.2, 0.25) is 0 Å². The third-order valence-electron chi connectivity index (χ3n) is 1.39. The van der Waals surface area contributed by atoms with Crippen molar-refractivity contribution in [2.24, 2.45) is 0 Å². The molecule has 1 amide bonds. The first-order valence-electron chi connectivity index (χ1n) is 3.71. The van der Waals surface area contributed by atoms with Crippen molar-refractivity contribution in [2.45, 2.75) is 0 Å². The molecule has 4 heteroatoms. The van der Waals surface area contributed by atoms with Crippen molar-refractivity contribution >= 4 is 18.3 Å². The van der Waals surface area contributed by atoms with Gasteiger partial charge in [-0.05, 0) is 12.1 Å². The van der Waals surface area contributed by atoms with Gasteiger partial charge in [-0.3, -0.25) is 4.79 Å². The molecule has 0 fully saturated rings. The minimum Gasteiger partial charge on any atom is -0.484 e. The molecule has 0 aromatic heterocycles. The third kappa shape index (κ3) is 4.38. The second-order valence-corrected chi connectivity index (χ2v) is 2.27. The van der Waals surface area contributed by atoms with Gasteiger partial charge in [0.2, 0.25) is 0 Å². The Morgan fingerprint density at radius 1 is 1.38 bits per heavy atom. The lowest BCUT2D eigenvalue weighted by molar-refractivity contribution is -0.122. The number of amides is 1. The first-order valence-corrected chi connectivity index (χ1v) is 3.71. The number of likely N-dealkylation sites (N-methyl/N-ethyl adjacent to an activating group) is 1. The van der Waals surface area contributed by atoms with E-state index in [1.807, 2.05) is 30.3 Å². The normalized spacial score (nSPS) is 8.38. The Morgan fingerprint density at radius 2 is 2.00 bits per heavy atom. The molecular formula is C9H12ClNO2. The number of benzene rings is 1. The van der Waals surface area contributed by atoms with Crippen LogP contribution in [0.1, 0.15) is 0 Å². The van der Waals surface area contributed by atoms with Crippen LogP contribution in [0.3, 0.4) is 0 Å². The second-order valence-electron chi connectivity index (χ2n) is 2.27. The molecule has 0 aliphatic carbocycles. The summed E-state index contributed by atoms with van der Waals surface area (Å²) in [6.45, 7) is 0.0700. The third-order valence-corrected chi connectivity index (χ3v) is 1.39. The number of hydrogen-bond acceptors (Lipinski definition) is 2. The van der Waals surface area contributed by atoms with Gasteiger partial charge in [-0.2, -0.15) is 0 Å². The minimum atomic E-state index is -0.126. The van der Waals surface area contributed by atoms with Crippen LogP contribution in [0, 0.1) is 0 Å². The minimum absolute atomic E-state index is 0. The Balaban J connectivity index is 0.00000144. The number of carbonyl (C=O) groups excluding carboxylic acids is 1.